The van der Waals surface area contributed by atoms with E-state index in [-0.39, 0.29) is 0 Å². The SMILES string of the molecule is COc1cccc(CCn2c(C)nnc2Cl)c1. The molecule has 5 heteroatoms. The highest BCUT2D eigenvalue weighted by atomic mass is 35.5. The highest BCUT2D eigenvalue weighted by Gasteiger charge is 2.06. The minimum absolute atomic E-state index is 0.436. The van der Waals surface area contributed by atoms with Gasteiger partial charge in [0.05, 0.1) is 7.11 Å². The molecule has 0 saturated heterocycles. The molecule has 2 aromatic rings. The number of ether oxygens (including phenoxy) is 1. The lowest BCUT2D eigenvalue weighted by atomic mass is 10.1. The Kier molecular flexibility index (Phi) is 3.64. The maximum absolute atomic E-state index is 5.93. The zero-order valence-corrected chi connectivity index (χ0v) is 10.6. The smallest absolute Gasteiger partial charge is 0.225 e. The van der Waals surface area contributed by atoms with Gasteiger partial charge < -0.3 is 9.30 Å². The van der Waals surface area contributed by atoms with E-state index in [0.29, 0.717) is 5.28 Å². The summed E-state index contributed by atoms with van der Waals surface area (Å²) in [6, 6.07) is 8.00. The van der Waals surface area contributed by atoms with Crippen LogP contribution in [0.1, 0.15) is 11.4 Å². The molecule has 0 amide bonds. The minimum Gasteiger partial charge on any atom is -0.497 e. The van der Waals surface area contributed by atoms with Crippen LogP contribution in [0.3, 0.4) is 0 Å². The first-order valence-corrected chi connectivity index (χ1v) is 5.76. The number of benzene rings is 1. The highest BCUT2D eigenvalue weighted by molar-refractivity contribution is 6.28. The number of rotatable bonds is 4. The molecular formula is C12H14ClN3O. The molecule has 17 heavy (non-hydrogen) atoms. The maximum atomic E-state index is 5.93. The Hall–Kier alpha value is -1.55. The zero-order valence-electron chi connectivity index (χ0n) is 9.85. The number of hydrogen-bond donors (Lipinski definition) is 0. The average Bonchev–Trinajstić information content (AvgIpc) is 2.67. The Morgan fingerprint density at radius 3 is 2.82 bits per heavy atom. The minimum atomic E-state index is 0.436. The molecule has 0 N–H and O–H groups in total. The number of methoxy groups -OCH3 is 1. The van der Waals surface area contributed by atoms with E-state index < -0.39 is 0 Å². The largest absolute Gasteiger partial charge is 0.497 e. The predicted octanol–water partition coefficient (Wildman–Crippen LogP) is 2.49. The van der Waals surface area contributed by atoms with Crippen molar-refractivity contribution in [2.24, 2.45) is 0 Å². The fourth-order valence-corrected chi connectivity index (χ4v) is 1.92. The molecule has 0 aliphatic rings. The fraction of sp³-hybridized carbons (Fsp3) is 0.333. The van der Waals surface area contributed by atoms with E-state index in [0.717, 1.165) is 24.5 Å². The van der Waals surface area contributed by atoms with E-state index in [1.807, 2.05) is 29.7 Å². The van der Waals surface area contributed by atoms with Crippen molar-refractivity contribution in [2.75, 3.05) is 7.11 Å². The summed E-state index contributed by atoms with van der Waals surface area (Å²) < 4.78 is 7.07. The van der Waals surface area contributed by atoms with Crippen molar-refractivity contribution >= 4 is 11.6 Å². The van der Waals surface area contributed by atoms with Gasteiger partial charge in [-0.1, -0.05) is 12.1 Å². The van der Waals surface area contributed by atoms with Crippen LogP contribution in [0.4, 0.5) is 0 Å². The van der Waals surface area contributed by atoms with Gasteiger partial charge in [-0.15, -0.1) is 10.2 Å². The molecule has 2 rings (SSSR count). The van der Waals surface area contributed by atoms with Gasteiger partial charge in [0.25, 0.3) is 0 Å². The summed E-state index contributed by atoms with van der Waals surface area (Å²) in [4.78, 5) is 0. The summed E-state index contributed by atoms with van der Waals surface area (Å²) in [5, 5.41) is 8.17. The number of hydrogen-bond acceptors (Lipinski definition) is 3. The molecule has 0 unspecified atom stereocenters. The van der Waals surface area contributed by atoms with E-state index in [9.17, 15) is 0 Å². The summed E-state index contributed by atoms with van der Waals surface area (Å²) in [7, 11) is 1.67. The van der Waals surface area contributed by atoms with E-state index in [1.54, 1.807) is 7.11 Å². The van der Waals surface area contributed by atoms with Crippen LogP contribution in [0.5, 0.6) is 5.75 Å². The molecule has 0 aliphatic heterocycles. The zero-order chi connectivity index (χ0) is 12.3. The van der Waals surface area contributed by atoms with Gasteiger partial charge >= 0.3 is 0 Å². The van der Waals surface area contributed by atoms with Crippen LogP contribution in [0.25, 0.3) is 0 Å². The maximum Gasteiger partial charge on any atom is 0.225 e. The summed E-state index contributed by atoms with van der Waals surface area (Å²) in [6.07, 6.45) is 0.871. The summed E-state index contributed by atoms with van der Waals surface area (Å²) in [5.41, 5.74) is 1.20. The molecule has 0 bridgehead atoms. The Bertz CT molecular complexity index is 491. The Morgan fingerprint density at radius 2 is 2.18 bits per heavy atom. The third-order valence-electron chi connectivity index (χ3n) is 2.65. The second-order valence-electron chi connectivity index (χ2n) is 3.77. The average molecular weight is 252 g/mol. The second kappa shape index (κ2) is 5.19. The van der Waals surface area contributed by atoms with Crippen LogP contribution in [0.15, 0.2) is 24.3 Å². The first-order valence-electron chi connectivity index (χ1n) is 5.39. The number of aryl methyl sites for hydroxylation is 2. The third-order valence-corrected chi connectivity index (χ3v) is 2.93. The van der Waals surface area contributed by atoms with Crippen molar-refractivity contribution in [2.45, 2.75) is 19.9 Å². The van der Waals surface area contributed by atoms with Gasteiger partial charge in [-0.3, -0.25) is 0 Å². The van der Waals surface area contributed by atoms with Gasteiger partial charge in [0.2, 0.25) is 5.28 Å². The predicted molar refractivity (Wildman–Crippen MR) is 66.5 cm³/mol. The molecule has 0 radical (unpaired) electrons. The summed E-state index contributed by atoms with van der Waals surface area (Å²) in [6.45, 7) is 2.66. The van der Waals surface area contributed by atoms with Gasteiger partial charge in [0.15, 0.2) is 0 Å². The van der Waals surface area contributed by atoms with Gasteiger partial charge in [0, 0.05) is 6.54 Å². The molecule has 1 aromatic carbocycles. The number of nitrogens with zero attached hydrogens (tertiary/aromatic N) is 3. The Morgan fingerprint density at radius 1 is 1.35 bits per heavy atom. The van der Waals surface area contributed by atoms with Crippen molar-refractivity contribution in [3.05, 3.63) is 40.9 Å². The Balaban J connectivity index is 2.07. The van der Waals surface area contributed by atoms with E-state index in [4.69, 9.17) is 16.3 Å². The number of halogens is 1. The highest BCUT2D eigenvalue weighted by Crippen LogP contribution is 2.15. The summed E-state index contributed by atoms with van der Waals surface area (Å²) in [5.74, 6) is 1.70. The van der Waals surface area contributed by atoms with Crippen molar-refractivity contribution < 1.29 is 4.74 Å². The van der Waals surface area contributed by atoms with Crippen LogP contribution in [0.2, 0.25) is 5.28 Å². The van der Waals surface area contributed by atoms with Gasteiger partial charge in [-0.05, 0) is 42.6 Å². The topological polar surface area (TPSA) is 39.9 Å². The van der Waals surface area contributed by atoms with Crippen molar-refractivity contribution in [3.63, 3.8) is 0 Å². The van der Waals surface area contributed by atoms with Crippen molar-refractivity contribution in [3.8, 4) is 5.75 Å². The Labute approximate surface area is 105 Å². The monoisotopic (exact) mass is 251 g/mol. The quantitative estimate of drug-likeness (QED) is 0.838. The number of aromatic nitrogens is 3. The van der Waals surface area contributed by atoms with E-state index in [2.05, 4.69) is 16.3 Å². The first kappa shape index (κ1) is 11.9. The fourth-order valence-electron chi connectivity index (χ4n) is 1.68. The molecule has 0 fully saturated rings. The molecule has 1 heterocycles. The molecule has 90 valence electrons. The van der Waals surface area contributed by atoms with Crippen molar-refractivity contribution in [1.82, 2.24) is 14.8 Å². The molecule has 0 saturated carbocycles. The lowest BCUT2D eigenvalue weighted by Gasteiger charge is -2.06. The van der Waals surface area contributed by atoms with Gasteiger partial charge in [-0.2, -0.15) is 0 Å². The molecule has 4 nitrogen and oxygen atoms in total. The normalized spacial score (nSPS) is 10.5. The van der Waals surface area contributed by atoms with Crippen LogP contribution < -0.4 is 4.74 Å². The second-order valence-corrected chi connectivity index (χ2v) is 4.11. The van der Waals surface area contributed by atoms with E-state index >= 15 is 0 Å². The van der Waals surface area contributed by atoms with Crippen LogP contribution in [-0.2, 0) is 13.0 Å². The van der Waals surface area contributed by atoms with Crippen LogP contribution in [-0.4, -0.2) is 21.9 Å². The van der Waals surface area contributed by atoms with Gasteiger partial charge in [0.1, 0.15) is 11.6 Å². The molecular weight excluding hydrogens is 238 g/mol. The summed E-state index contributed by atoms with van der Waals surface area (Å²) >= 11 is 5.93. The molecule has 0 spiro atoms. The lowest BCUT2D eigenvalue weighted by Crippen LogP contribution is -2.03. The molecule has 0 atom stereocenters. The molecule has 0 aliphatic carbocycles. The van der Waals surface area contributed by atoms with E-state index in [1.165, 1.54) is 5.56 Å². The lowest BCUT2D eigenvalue weighted by molar-refractivity contribution is 0.414. The third kappa shape index (κ3) is 2.77. The van der Waals surface area contributed by atoms with Gasteiger partial charge in [-0.25, -0.2) is 0 Å². The van der Waals surface area contributed by atoms with Crippen LogP contribution in [0, 0.1) is 6.92 Å². The van der Waals surface area contributed by atoms with Crippen molar-refractivity contribution in [1.29, 1.82) is 0 Å². The van der Waals surface area contributed by atoms with Crippen LogP contribution >= 0.6 is 11.6 Å². The standard InChI is InChI=1S/C12H14ClN3O/c1-9-14-15-12(13)16(9)7-6-10-4-3-5-11(8-10)17-2/h3-5,8H,6-7H2,1-2H3. The first-order chi connectivity index (χ1) is 8.20. The molecule has 1 aromatic heterocycles.